The SMILES string of the molecule is O=C1CNC2(CCN(C3=NC(=N[C@@H]4C[C@H](CO)[C@@H](O)[C@H]4O)C(c4nc5ccccc5s4)C(=O)N3)CC2)O1. The van der Waals surface area contributed by atoms with E-state index in [1.54, 1.807) is 0 Å². The van der Waals surface area contributed by atoms with E-state index in [4.69, 9.17) is 9.73 Å². The lowest BCUT2D eigenvalue weighted by Crippen LogP contribution is -2.57. The molecule has 1 spiro atoms. The van der Waals surface area contributed by atoms with Gasteiger partial charge in [-0.3, -0.25) is 25.2 Å². The van der Waals surface area contributed by atoms with E-state index in [1.807, 2.05) is 29.2 Å². The molecule has 1 saturated carbocycles. The van der Waals surface area contributed by atoms with Gasteiger partial charge in [0.15, 0.2) is 5.72 Å². The topological polar surface area (TPSA) is 169 Å². The molecule has 196 valence electrons. The van der Waals surface area contributed by atoms with Crippen LogP contribution in [-0.2, 0) is 14.3 Å². The highest BCUT2D eigenvalue weighted by molar-refractivity contribution is 7.18. The maximum absolute atomic E-state index is 13.5. The van der Waals surface area contributed by atoms with Crippen molar-refractivity contribution in [1.82, 2.24) is 20.5 Å². The number of likely N-dealkylation sites (tertiary alicyclic amines) is 1. The molecular formula is C24H28N6O6S. The van der Waals surface area contributed by atoms with E-state index < -0.39 is 35.8 Å². The number of fused-ring (bicyclic) bond motifs is 1. The second-order valence-corrected chi connectivity index (χ2v) is 11.0. The number of ether oxygens (including phenoxy) is 1. The number of nitrogens with zero attached hydrogens (tertiary/aromatic N) is 4. The summed E-state index contributed by atoms with van der Waals surface area (Å²) < 4.78 is 6.42. The summed E-state index contributed by atoms with van der Waals surface area (Å²) in [5, 5.41) is 37.1. The fraction of sp³-hybridized carbons (Fsp3) is 0.542. The number of hydrogen-bond donors (Lipinski definition) is 5. The minimum absolute atomic E-state index is 0.183. The average molecular weight is 529 g/mol. The fourth-order valence-corrected chi connectivity index (χ4v) is 6.51. The summed E-state index contributed by atoms with van der Waals surface area (Å²) in [6.07, 6.45) is -0.950. The van der Waals surface area contributed by atoms with Gasteiger partial charge in [0.2, 0.25) is 11.9 Å². The molecule has 5 atom stereocenters. The molecule has 12 nitrogen and oxygen atoms in total. The number of guanidine groups is 1. The van der Waals surface area contributed by atoms with Gasteiger partial charge in [-0.05, 0) is 18.6 Å². The van der Waals surface area contributed by atoms with E-state index in [0.29, 0.717) is 36.9 Å². The Balaban J connectivity index is 1.33. The average Bonchev–Trinajstić information content (AvgIpc) is 3.55. The largest absolute Gasteiger partial charge is 0.443 e. The van der Waals surface area contributed by atoms with E-state index in [0.717, 1.165) is 10.2 Å². The second-order valence-electron chi connectivity index (χ2n) is 9.90. The number of nitrogens with one attached hydrogen (secondary N) is 2. The standard InChI is InChI=1S/C24H28N6O6S/c31-11-12-9-14(19(34)18(12)33)26-20-17(22-27-13-3-1-2-4-15(13)37-22)21(35)29-23(28-20)30-7-5-24(6-8-30)25-10-16(32)36-24/h1-4,12,14,17-19,25,31,33-34H,5-11H2,(H,26,28,29,35)/t12-,14-,17?,18-,19+/m1/s1. The molecule has 37 heavy (non-hydrogen) atoms. The molecule has 13 heteroatoms. The Morgan fingerprint density at radius 1 is 1.19 bits per heavy atom. The Bertz CT molecular complexity index is 1250. The predicted octanol–water partition coefficient (Wildman–Crippen LogP) is -0.695. The predicted molar refractivity (Wildman–Crippen MR) is 134 cm³/mol. The number of amides is 1. The number of aliphatic imine (C=N–C) groups is 2. The van der Waals surface area contributed by atoms with Gasteiger partial charge in [-0.2, -0.15) is 4.99 Å². The summed E-state index contributed by atoms with van der Waals surface area (Å²) in [4.78, 5) is 41.1. The van der Waals surface area contributed by atoms with Crippen molar-refractivity contribution in [1.29, 1.82) is 0 Å². The lowest BCUT2D eigenvalue weighted by molar-refractivity contribution is -0.151. The van der Waals surface area contributed by atoms with Crippen LogP contribution in [0.25, 0.3) is 10.2 Å². The van der Waals surface area contributed by atoms with Gasteiger partial charge in [0, 0.05) is 38.5 Å². The molecule has 5 N–H and O–H groups in total. The normalized spacial score (nSPS) is 32.7. The quantitative estimate of drug-likeness (QED) is 0.324. The van der Waals surface area contributed by atoms with Crippen LogP contribution >= 0.6 is 11.3 Å². The number of benzene rings is 1. The van der Waals surface area contributed by atoms with E-state index in [9.17, 15) is 24.9 Å². The van der Waals surface area contributed by atoms with Crippen molar-refractivity contribution in [2.75, 3.05) is 26.2 Å². The fourth-order valence-electron chi connectivity index (χ4n) is 5.45. The monoisotopic (exact) mass is 528 g/mol. The van der Waals surface area contributed by atoms with Gasteiger partial charge in [0.1, 0.15) is 22.9 Å². The summed E-state index contributed by atoms with van der Waals surface area (Å²) in [6, 6.07) is 6.86. The molecule has 2 saturated heterocycles. The van der Waals surface area contributed by atoms with Gasteiger partial charge in [-0.1, -0.05) is 12.1 Å². The van der Waals surface area contributed by atoms with E-state index in [1.165, 1.54) is 11.3 Å². The van der Waals surface area contributed by atoms with Gasteiger partial charge >= 0.3 is 5.97 Å². The summed E-state index contributed by atoms with van der Waals surface area (Å²) in [5.74, 6) is -1.45. The third-order valence-electron chi connectivity index (χ3n) is 7.57. The number of piperidine rings is 1. The smallest absolute Gasteiger partial charge is 0.321 e. The first kappa shape index (κ1) is 24.4. The maximum atomic E-state index is 13.5. The summed E-state index contributed by atoms with van der Waals surface area (Å²) in [7, 11) is 0. The molecule has 3 fully saturated rings. The van der Waals surface area contributed by atoms with Crippen LogP contribution in [0.5, 0.6) is 0 Å². The van der Waals surface area contributed by atoms with Crippen LogP contribution in [0.4, 0.5) is 0 Å². The number of amidine groups is 1. The van der Waals surface area contributed by atoms with E-state index in [2.05, 4.69) is 20.6 Å². The van der Waals surface area contributed by atoms with Crippen LogP contribution in [0.1, 0.15) is 30.2 Å². The number of carbonyl (C=O) groups excluding carboxylic acids is 2. The van der Waals surface area contributed by atoms with Crippen molar-refractivity contribution < 1.29 is 29.6 Å². The first-order valence-corrected chi connectivity index (χ1v) is 13.2. The summed E-state index contributed by atoms with van der Waals surface area (Å²) in [6.45, 7) is 0.901. The van der Waals surface area contributed by atoms with Gasteiger partial charge in [0.25, 0.3) is 0 Å². The molecule has 3 aliphatic heterocycles. The van der Waals surface area contributed by atoms with Crippen molar-refractivity contribution >= 4 is 45.2 Å². The van der Waals surface area contributed by atoms with Gasteiger partial charge in [0.05, 0.1) is 28.9 Å². The molecule has 1 unspecified atom stereocenters. The number of para-hydroxylation sites is 1. The van der Waals surface area contributed by atoms with Gasteiger partial charge < -0.3 is 25.0 Å². The van der Waals surface area contributed by atoms with Crippen LogP contribution < -0.4 is 10.6 Å². The second kappa shape index (κ2) is 9.40. The Morgan fingerprint density at radius 3 is 2.65 bits per heavy atom. The number of hydrogen-bond acceptors (Lipinski definition) is 11. The number of aromatic nitrogens is 1. The lowest BCUT2D eigenvalue weighted by atomic mass is 10.0. The molecule has 0 bridgehead atoms. The molecule has 1 aliphatic carbocycles. The van der Waals surface area contributed by atoms with Gasteiger partial charge in [-0.25, -0.2) is 4.98 Å². The van der Waals surface area contributed by atoms with Gasteiger partial charge in [-0.15, -0.1) is 11.3 Å². The first-order chi connectivity index (χ1) is 17.9. The molecule has 6 rings (SSSR count). The number of rotatable bonds is 3. The highest BCUT2D eigenvalue weighted by Crippen LogP contribution is 2.34. The van der Waals surface area contributed by atoms with Crippen molar-refractivity contribution in [2.24, 2.45) is 15.9 Å². The number of aliphatic hydroxyl groups is 3. The summed E-state index contributed by atoms with van der Waals surface area (Å²) in [5.41, 5.74) is 0.0810. The van der Waals surface area contributed by atoms with Crippen LogP contribution in [0.3, 0.4) is 0 Å². The molecular weight excluding hydrogens is 500 g/mol. The highest BCUT2D eigenvalue weighted by atomic mass is 32.1. The molecule has 2 aromatic rings. The third kappa shape index (κ3) is 4.40. The minimum atomic E-state index is -1.18. The number of carbonyl (C=O) groups is 2. The Morgan fingerprint density at radius 2 is 1.97 bits per heavy atom. The molecule has 0 radical (unpaired) electrons. The van der Waals surface area contributed by atoms with Crippen LogP contribution in [-0.4, -0.2) is 99.1 Å². The van der Waals surface area contributed by atoms with Crippen LogP contribution in [0.2, 0.25) is 0 Å². The van der Waals surface area contributed by atoms with Crippen molar-refractivity contribution in [3.05, 3.63) is 29.3 Å². The number of aliphatic hydroxyl groups excluding tert-OH is 3. The molecule has 1 aromatic carbocycles. The number of esters is 1. The first-order valence-electron chi connectivity index (χ1n) is 12.4. The minimum Gasteiger partial charge on any atom is -0.443 e. The van der Waals surface area contributed by atoms with Crippen LogP contribution in [0, 0.1) is 5.92 Å². The van der Waals surface area contributed by atoms with Crippen molar-refractivity contribution in [3.8, 4) is 0 Å². The van der Waals surface area contributed by atoms with Crippen LogP contribution in [0.15, 0.2) is 34.3 Å². The third-order valence-corrected chi connectivity index (χ3v) is 8.67. The molecule has 1 aromatic heterocycles. The van der Waals surface area contributed by atoms with Crippen molar-refractivity contribution in [2.45, 2.75) is 49.2 Å². The Kier molecular flexibility index (Phi) is 6.19. The highest BCUT2D eigenvalue weighted by Gasteiger charge is 2.46. The zero-order valence-corrected chi connectivity index (χ0v) is 20.7. The zero-order chi connectivity index (χ0) is 25.7. The molecule has 4 aliphatic rings. The molecule has 4 heterocycles. The Labute approximate surface area is 216 Å². The summed E-state index contributed by atoms with van der Waals surface area (Å²) >= 11 is 1.38. The van der Waals surface area contributed by atoms with E-state index >= 15 is 0 Å². The Hall–Kier alpha value is -2.97. The maximum Gasteiger partial charge on any atom is 0.321 e. The zero-order valence-electron chi connectivity index (χ0n) is 19.9. The molecule has 1 amide bonds. The van der Waals surface area contributed by atoms with E-state index in [-0.39, 0.29) is 37.3 Å². The lowest BCUT2D eigenvalue weighted by Gasteiger charge is -2.40. The number of thiazole rings is 1. The van der Waals surface area contributed by atoms with Crippen molar-refractivity contribution in [3.63, 3.8) is 0 Å².